The van der Waals surface area contributed by atoms with Crippen LogP contribution in [0.5, 0.6) is 0 Å². The quantitative estimate of drug-likeness (QED) is 0.680. The first-order valence-corrected chi connectivity index (χ1v) is 6.88. The number of carboxylic acid groups (broad SMARTS) is 1. The number of ether oxygens (including phenoxy) is 1. The number of hydrogen-bond donors (Lipinski definition) is 1. The molecule has 0 saturated heterocycles. The number of aromatic carboxylic acids is 1. The summed E-state index contributed by atoms with van der Waals surface area (Å²) in [6.45, 7) is 0.173. The molecule has 1 amide bonds. The van der Waals surface area contributed by atoms with Crippen LogP contribution in [-0.2, 0) is 11.3 Å². The highest BCUT2D eigenvalue weighted by atomic mass is 16.6. The fourth-order valence-electron chi connectivity index (χ4n) is 1.72. The summed E-state index contributed by atoms with van der Waals surface area (Å²) in [7, 11) is 1.48. The standard InChI is InChI=1S/C17H16N2O4/c1-19(17(22)23-12-14-5-3-2-4-6-14)18-11-13-7-9-15(10-8-13)16(20)21/h2-11H,12H2,1H3,(H,20,21)/b18-11-. The van der Waals surface area contributed by atoms with Crippen LogP contribution in [0.25, 0.3) is 0 Å². The van der Waals surface area contributed by atoms with Gasteiger partial charge in [0.15, 0.2) is 0 Å². The molecule has 6 heteroatoms. The van der Waals surface area contributed by atoms with Crippen LogP contribution >= 0.6 is 0 Å². The van der Waals surface area contributed by atoms with E-state index in [0.29, 0.717) is 5.56 Å². The van der Waals surface area contributed by atoms with Crippen molar-refractivity contribution >= 4 is 18.3 Å². The van der Waals surface area contributed by atoms with Gasteiger partial charge >= 0.3 is 12.1 Å². The molecule has 0 aliphatic heterocycles. The number of carbonyl (C=O) groups excluding carboxylic acids is 1. The first-order chi connectivity index (χ1) is 11.1. The maximum Gasteiger partial charge on any atom is 0.430 e. The van der Waals surface area contributed by atoms with Crippen molar-refractivity contribution in [2.75, 3.05) is 7.05 Å². The predicted molar refractivity (Wildman–Crippen MR) is 85.4 cm³/mol. The third kappa shape index (κ3) is 4.96. The first-order valence-electron chi connectivity index (χ1n) is 6.88. The van der Waals surface area contributed by atoms with Crippen LogP contribution in [-0.4, -0.2) is 35.4 Å². The van der Waals surface area contributed by atoms with Gasteiger partial charge in [0.1, 0.15) is 6.61 Å². The van der Waals surface area contributed by atoms with Crippen molar-refractivity contribution in [3.05, 3.63) is 71.3 Å². The molecule has 6 nitrogen and oxygen atoms in total. The maximum atomic E-state index is 11.8. The molecule has 0 saturated carbocycles. The maximum absolute atomic E-state index is 11.8. The largest absolute Gasteiger partial charge is 0.478 e. The molecule has 23 heavy (non-hydrogen) atoms. The number of benzene rings is 2. The topological polar surface area (TPSA) is 79.2 Å². The van der Waals surface area contributed by atoms with E-state index in [1.54, 1.807) is 12.1 Å². The van der Waals surface area contributed by atoms with Gasteiger partial charge in [-0.25, -0.2) is 14.6 Å². The molecule has 0 spiro atoms. The van der Waals surface area contributed by atoms with Crippen LogP contribution in [0, 0.1) is 0 Å². The van der Waals surface area contributed by atoms with Crippen molar-refractivity contribution in [3.63, 3.8) is 0 Å². The lowest BCUT2D eigenvalue weighted by atomic mass is 10.1. The van der Waals surface area contributed by atoms with Gasteiger partial charge in [0, 0.05) is 7.05 Å². The van der Waals surface area contributed by atoms with Gasteiger partial charge in [0.05, 0.1) is 11.8 Å². The summed E-state index contributed by atoms with van der Waals surface area (Å²) in [5.41, 5.74) is 1.76. The summed E-state index contributed by atoms with van der Waals surface area (Å²) in [6, 6.07) is 15.5. The van der Waals surface area contributed by atoms with Crippen LogP contribution in [0.3, 0.4) is 0 Å². The average molecular weight is 312 g/mol. The van der Waals surface area contributed by atoms with Crippen molar-refractivity contribution < 1.29 is 19.4 Å². The number of amides is 1. The molecular weight excluding hydrogens is 296 g/mol. The number of carboxylic acids is 1. The lowest BCUT2D eigenvalue weighted by Crippen LogP contribution is -2.22. The van der Waals surface area contributed by atoms with E-state index in [1.165, 1.54) is 25.4 Å². The third-order valence-corrected chi connectivity index (χ3v) is 3.01. The third-order valence-electron chi connectivity index (χ3n) is 3.01. The lowest BCUT2D eigenvalue weighted by Gasteiger charge is -2.11. The van der Waals surface area contributed by atoms with E-state index >= 15 is 0 Å². The molecule has 2 rings (SSSR count). The molecule has 0 unspecified atom stereocenters. The highest BCUT2D eigenvalue weighted by molar-refractivity contribution is 5.89. The SMILES string of the molecule is CN(/N=C\c1ccc(C(=O)O)cc1)C(=O)OCc1ccccc1. The molecule has 2 aromatic rings. The Labute approximate surface area is 133 Å². The Kier molecular flexibility index (Phi) is 5.46. The molecule has 0 aliphatic carbocycles. The molecule has 0 aliphatic rings. The minimum absolute atomic E-state index is 0.173. The van der Waals surface area contributed by atoms with Gasteiger partial charge < -0.3 is 9.84 Å². The van der Waals surface area contributed by atoms with Crippen LogP contribution in [0.1, 0.15) is 21.5 Å². The normalized spacial score (nSPS) is 10.5. The monoisotopic (exact) mass is 312 g/mol. The Morgan fingerprint density at radius 3 is 2.39 bits per heavy atom. The molecule has 1 N–H and O–H groups in total. The van der Waals surface area contributed by atoms with Crippen LogP contribution in [0.15, 0.2) is 59.7 Å². The zero-order valence-electron chi connectivity index (χ0n) is 12.5. The Morgan fingerprint density at radius 2 is 1.78 bits per heavy atom. The fourth-order valence-corrected chi connectivity index (χ4v) is 1.72. The van der Waals surface area contributed by atoms with Crippen molar-refractivity contribution in [1.82, 2.24) is 5.01 Å². The second-order valence-corrected chi connectivity index (χ2v) is 4.74. The smallest absolute Gasteiger partial charge is 0.430 e. The predicted octanol–water partition coefficient (Wildman–Crippen LogP) is 2.99. The number of hydrogen-bond acceptors (Lipinski definition) is 4. The van der Waals surface area contributed by atoms with Crippen LogP contribution in [0.2, 0.25) is 0 Å². The fraction of sp³-hybridized carbons (Fsp3) is 0.118. The van der Waals surface area contributed by atoms with E-state index in [2.05, 4.69) is 5.10 Å². The highest BCUT2D eigenvalue weighted by Gasteiger charge is 2.08. The van der Waals surface area contributed by atoms with Gasteiger partial charge in [-0.1, -0.05) is 42.5 Å². The van der Waals surface area contributed by atoms with Gasteiger partial charge in [0.25, 0.3) is 0 Å². The van der Waals surface area contributed by atoms with Crippen LogP contribution in [0.4, 0.5) is 4.79 Å². The van der Waals surface area contributed by atoms with E-state index in [0.717, 1.165) is 10.6 Å². The zero-order valence-corrected chi connectivity index (χ0v) is 12.5. The first kappa shape index (κ1) is 16.2. The highest BCUT2D eigenvalue weighted by Crippen LogP contribution is 2.04. The minimum atomic E-state index is -0.991. The second-order valence-electron chi connectivity index (χ2n) is 4.74. The molecule has 118 valence electrons. The Hall–Kier alpha value is -3.15. The summed E-state index contributed by atoms with van der Waals surface area (Å²) in [5, 5.41) is 13.9. The lowest BCUT2D eigenvalue weighted by molar-refractivity contribution is 0.0696. The Balaban J connectivity index is 1.88. The van der Waals surface area contributed by atoms with Crippen molar-refractivity contribution in [2.24, 2.45) is 5.10 Å². The second kappa shape index (κ2) is 7.74. The van der Waals surface area contributed by atoms with E-state index in [1.807, 2.05) is 30.3 Å². The number of nitrogens with zero attached hydrogens (tertiary/aromatic N) is 2. The molecule has 0 fully saturated rings. The molecule has 0 heterocycles. The Bertz CT molecular complexity index is 696. The number of hydrazone groups is 1. The Morgan fingerprint density at radius 1 is 1.13 bits per heavy atom. The molecule has 0 aromatic heterocycles. The molecule has 0 bridgehead atoms. The molecular formula is C17H16N2O4. The minimum Gasteiger partial charge on any atom is -0.478 e. The van der Waals surface area contributed by atoms with Crippen molar-refractivity contribution in [3.8, 4) is 0 Å². The number of rotatable bonds is 5. The number of carbonyl (C=O) groups is 2. The van der Waals surface area contributed by atoms with E-state index in [-0.39, 0.29) is 12.2 Å². The van der Waals surface area contributed by atoms with Gasteiger partial charge in [0.2, 0.25) is 0 Å². The van der Waals surface area contributed by atoms with Crippen LogP contribution < -0.4 is 0 Å². The van der Waals surface area contributed by atoms with Gasteiger partial charge in [-0.3, -0.25) is 0 Å². The average Bonchev–Trinajstić information content (AvgIpc) is 2.58. The summed E-state index contributed by atoms with van der Waals surface area (Å²) in [4.78, 5) is 22.5. The van der Waals surface area contributed by atoms with E-state index in [9.17, 15) is 9.59 Å². The molecule has 2 aromatic carbocycles. The summed E-state index contributed by atoms with van der Waals surface area (Å²) >= 11 is 0. The van der Waals surface area contributed by atoms with Gasteiger partial charge in [-0.15, -0.1) is 0 Å². The van der Waals surface area contributed by atoms with Crippen molar-refractivity contribution in [1.29, 1.82) is 0 Å². The van der Waals surface area contributed by atoms with E-state index < -0.39 is 12.1 Å². The summed E-state index contributed by atoms with van der Waals surface area (Å²) < 4.78 is 5.12. The van der Waals surface area contributed by atoms with Gasteiger partial charge in [-0.2, -0.15) is 5.10 Å². The zero-order chi connectivity index (χ0) is 16.7. The van der Waals surface area contributed by atoms with Crippen molar-refractivity contribution in [2.45, 2.75) is 6.61 Å². The van der Waals surface area contributed by atoms with E-state index in [4.69, 9.17) is 9.84 Å². The summed E-state index contributed by atoms with van der Waals surface area (Å²) in [6.07, 6.45) is 0.877. The molecule has 0 atom stereocenters. The summed E-state index contributed by atoms with van der Waals surface area (Å²) in [5.74, 6) is -0.991. The molecule has 0 radical (unpaired) electrons. The van der Waals surface area contributed by atoms with Gasteiger partial charge in [-0.05, 0) is 23.3 Å².